The molecule has 126 valence electrons. The van der Waals surface area contributed by atoms with Crippen LogP contribution in [-0.2, 0) is 0 Å². The third-order valence-corrected chi connectivity index (χ3v) is 3.64. The number of nitro groups is 1. The summed E-state index contributed by atoms with van der Waals surface area (Å²) in [6.07, 6.45) is 3.22. The highest BCUT2D eigenvalue weighted by Crippen LogP contribution is 2.35. The van der Waals surface area contributed by atoms with Gasteiger partial charge in [-0.2, -0.15) is 0 Å². The number of nitrogens with zero attached hydrogens (tertiary/aromatic N) is 2. The lowest BCUT2D eigenvalue weighted by atomic mass is 10.1. The van der Waals surface area contributed by atoms with Crippen LogP contribution >= 0.6 is 0 Å². The molecule has 0 atom stereocenters. The number of fused-ring (bicyclic) bond motifs is 1. The van der Waals surface area contributed by atoms with Crippen LogP contribution in [0.15, 0.2) is 42.5 Å². The van der Waals surface area contributed by atoms with Crippen molar-refractivity contribution in [3.05, 3.63) is 63.8 Å². The maximum atomic E-state index is 11.8. The Hall–Kier alpha value is -3.61. The van der Waals surface area contributed by atoms with E-state index in [1.807, 2.05) is 12.1 Å². The second kappa shape index (κ2) is 6.48. The first-order valence-corrected chi connectivity index (χ1v) is 7.30. The van der Waals surface area contributed by atoms with E-state index in [-0.39, 0.29) is 11.5 Å². The van der Waals surface area contributed by atoms with Gasteiger partial charge in [-0.1, -0.05) is 24.3 Å². The average Bonchev–Trinajstić information content (AvgIpc) is 2.61. The second-order valence-corrected chi connectivity index (χ2v) is 5.25. The van der Waals surface area contributed by atoms with E-state index in [4.69, 9.17) is 4.74 Å². The van der Waals surface area contributed by atoms with E-state index < -0.39 is 16.4 Å². The number of benzene rings is 2. The Bertz CT molecular complexity index is 998. The summed E-state index contributed by atoms with van der Waals surface area (Å²) in [6, 6.07) is 11.3. The van der Waals surface area contributed by atoms with Crippen molar-refractivity contribution in [1.82, 2.24) is 4.98 Å². The SMILES string of the molecule is COc1cc(/C=C/c2ccc3cccc(O)c3n2)cc([N+](=O)[O-])c1[O-]. The molecule has 7 nitrogen and oxygen atoms in total. The molecule has 0 unspecified atom stereocenters. The average molecular weight is 337 g/mol. The van der Waals surface area contributed by atoms with Gasteiger partial charge in [-0.15, -0.1) is 0 Å². The van der Waals surface area contributed by atoms with Crippen molar-refractivity contribution < 1.29 is 19.9 Å². The Morgan fingerprint density at radius 1 is 1.20 bits per heavy atom. The molecule has 7 heteroatoms. The number of aromatic nitrogens is 1. The van der Waals surface area contributed by atoms with E-state index in [1.165, 1.54) is 19.2 Å². The number of para-hydroxylation sites is 1. The maximum absolute atomic E-state index is 11.8. The van der Waals surface area contributed by atoms with Gasteiger partial charge in [0.1, 0.15) is 17.0 Å². The zero-order valence-corrected chi connectivity index (χ0v) is 13.2. The Morgan fingerprint density at radius 3 is 2.72 bits per heavy atom. The summed E-state index contributed by atoms with van der Waals surface area (Å²) in [5.74, 6) is -0.794. The summed E-state index contributed by atoms with van der Waals surface area (Å²) in [5.41, 5.74) is 0.899. The number of aromatic hydroxyl groups is 1. The Kier molecular flexibility index (Phi) is 4.21. The monoisotopic (exact) mass is 337 g/mol. The van der Waals surface area contributed by atoms with E-state index in [0.29, 0.717) is 16.8 Å². The van der Waals surface area contributed by atoms with Crippen LogP contribution in [0.25, 0.3) is 23.1 Å². The van der Waals surface area contributed by atoms with E-state index in [0.717, 1.165) is 5.39 Å². The van der Waals surface area contributed by atoms with Gasteiger partial charge < -0.3 is 14.9 Å². The molecule has 1 N–H and O–H groups in total. The summed E-state index contributed by atoms with van der Waals surface area (Å²) in [5, 5.41) is 33.5. The lowest BCUT2D eigenvalue weighted by Gasteiger charge is -2.13. The van der Waals surface area contributed by atoms with Gasteiger partial charge in [-0.25, -0.2) is 4.98 Å². The first kappa shape index (κ1) is 16.3. The summed E-state index contributed by atoms with van der Waals surface area (Å²) in [4.78, 5) is 14.6. The van der Waals surface area contributed by atoms with Crippen LogP contribution in [0.3, 0.4) is 0 Å². The van der Waals surface area contributed by atoms with Gasteiger partial charge in [0.15, 0.2) is 0 Å². The normalized spacial score (nSPS) is 11.1. The number of phenolic OH excluding ortho intramolecular Hbond substituents is 1. The third-order valence-electron chi connectivity index (χ3n) is 3.64. The van der Waals surface area contributed by atoms with Gasteiger partial charge in [-0.05, 0) is 29.8 Å². The molecule has 2 aromatic carbocycles. The number of phenols is 1. The number of rotatable bonds is 4. The highest BCUT2D eigenvalue weighted by molar-refractivity contribution is 5.85. The summed E-state index contributed by atoms with van der Waals surface area (Å²) < 4.78 is 4.90. The predicted octanol–water partition coefficient (Wildman–Crippen LogP) is 3.10. The first-order chi connectivity index (χ1) is 12.0. The van der Waals surface area contributed by atoms with Crippen LogP contribution in [0.2, 0.25) is 0 Å². The molecule has 0 radical (unpaired) electrons. The first-order valence-electron chi connectivity index (χ1n) is 7.30. The number of ether oxygens (including phenoxy) is 1. The molecular weight excluding hydrogens is 324 g/mol. The van der Waals surface area contributed by atoms with Gasteiger partial charge in [0, 0.05) is 17.2 Å². The van der Waals surface area contributed by atoms with E-state index >= 15 is 0 Å². The summed E-state index contributed by atoms with van der Waals surface area (Å²) >= 11 is 0. The molecule has 0 aliphatic carbocycles. The van der Waals surface area contributed by atoms with E-state index in [1.54, 1.807) is 30.4 Å². The quantitative estimate of drug-likeness (QED) is 0.579. The Balaban J connectivity index is 2.00. The molecule has 0 bridgehead atoms. The van der Waals surface area contributed by atoms with Crippen LogP contribution in [-0.4, -0.2) is 22.1 Å². The van der Waals surface area contributed by atoms with Crippen molar-refractivity contribution in [3.63, 3.8) is 0 Å². The van der Waals surface area contributed by atoms with Crippen LogP contribution in [0, 0.1) is 10.1 Å². The minimum absolute atomic E-state index is 0.0702. The maximum Gasteiger partial charge on any atom is 0.266 e. The molecule has 0 saturated heterocycles. The van der Waals surface area contributed by atoms with Gasteiger partial charge in [0.2, 0.25) is 0 Å². The molecule has 0 saturated carbocycles. The van der Waals surface area contributed by atoms with Crippen molar-refractivity contribution in [2.45, 2.75) is 0 Å². The molecule has 0 aliphatic rings. The molecular formula is C18H13N2O5-. The van der Waals surface area contributed by atoms with Crippen molar-refractivity contribution >= 4 is 28.7 Å². The minimum atomic E-state index is -0.765. The Morgan fingerprint density at radius 2 is 2.00 bits per heavy atom. The number of hydrogen-bond donors (Lipinski definition) is 1. The van der Waals surface area contributed by atoms with Crippen LogP contribution < -0.4 is 9.84 Å². The predicted molar refractivity (Wildman–Crippen MR) is 91.4 cm³/mol. The molecule has 0 amide bonds. The molecule has 1 aromatic heterocycles. The fraction of sp³-hybridized carbons (Fsp3) is 0.0556. The van der Waals surface area contributed by atoms with E-state index in [9.17, 15) is 20.3 Å². The fourth-order valence-electron chi connectivity index (χ4n) is 2.41. The zero-order valence-electron chi connectivity index (χ0n) is 13.2. The lowest BCUT2D eigenvalue weighted by molar-refractivity contribution is -0.398. The molecule has 3 aromatic rings. The fourth-order valence-corrected chi connectivity index (χ4v) is 2.41. The number of methoxy groups -OCH3 is 1. The van der Waals surface area contributed by atoms with Crippen molar-refractivity contribution in [3.8, 4) is 17.2 Å². The molecule has 0 fully saturated rings. The van der Waals surface area contributed by atoms with Crippen LogP contribution in [0.5, 0.6) is 17.2 Å². The smallest absolute Gasteiger partial charge is 0.266 e. The number of hydrogen-bond acceptors (Lipinski definition) is 6. The zero-order chi connectivity index (χ0) is 18.0. The molecule has 0 aliphatic heterocycles. The molecule has 0 spiro atoms. The van der Waals surface area contributed by atoms with Crippen LogP contribution in [0.1, 0.15) is 11.3 Å². The van der Waals surface area contributed by atoms with Crippen molar-refractivity contribution in [2.75, 3.05) is 7.11 Å². The van der Waals surface area contributed by atoms with Crippen molar-refractivity contribution in [1.29, 1.82) is 0 Å². The molecule has 1 heterocycles. The second-order valence-electron chi connectivity index (χ2n) is 5.25. The summed E-state index contributed by atoms with van der Waals surface area (Å²) in [6.45, 7) is 0. The molecule has 3 rings (SSSR count). The highest BCUT2D eigenvalue weighted by atomic mass is 16.6. The number of nitro benzene ring substituents is 1. The standard InChI is InChI=1S/C18H14N2O5/c1-25-16-10-11(9-14(18(16)22)20(23)24)5-7-13-8-6-12-3-2-4-15(21)17(12)19-13/h2-10,21-22H,1H3/p-1/b7-5+. The topological polar surface area (TPSA) is 109 Å². The van der Waals surface area contributed by atoms with Gasteiger partial charge in [0.05, 0.1) is 17.7 Å². The minimum Gasteiger partial charge on any atom is -0.865 e. The number of pyridine rings is 1. The van der Waals surface area contributed by atoms with Crippen molar-refractivity contribution in [2.24, 2.45) is 0 Å². The van der Waals surface area contributed by atoms with E-state index in [2.05, 4.69) is 4.98 Å². The Labute approximate surface area is 142 Å². The van der Waals surface area contributed by atoms with Crippen LogP contribution in [0.4, 0.5) is 5.69 Å². The summed E-state index contributed by atoms with van der Waals surface area (Å²) in [7, 11) is 1.28. The van der Waals surface area contributed by atoms with Gasteiger partial charge >= 0.3 is 0 Å². The van der Waals surface area contributed by atoms with Gasteiger partial charge in [-0.3, -0.25) is 10.1 Å². The molecule has 25 heavy (non-hydrogen) atoms. The third kappa shape index (κ3) is 3.20. The largest absolute Gasteiger partial charge is 0.865 e. The lowest BCUT2D eigenvalue weighted by Crippen LogP contribution is -2.01. The highest BCUT2D eigenvalue weighted by Gasteiger charge is 2.12. The van der Waals surface area contributed by atoms with Gasteiger partial charge in [0.25, 0.3) is 5.69 Å².